The van der Waals surface area contributed by atoms with E-state index in [0.717, 1.165) is 18.7 Å². The van der Waals surface area contributed by atoms with Crippen LogP contribution in [0.15, 0.2) is 24.3 Å². The molecule has 0 saturated carbocycles. The minimum atomic E-state index is -0.915. The monoisotopic (exact) mass is 288 g/mol. The normalized spacial score (nSPS) is 19.4. The van der Waals surface area contributed by atoms with E-state index in [1.165, 1.54) is 30.2 Å². The van der Waals surface area contributed by atoms with Gasteiger partial charge in [0.1, 0.15) is 0 Å². The summed E-state index contributed by atoms with van der Waals surface area (Å²) in [6, 6.07) is 6.74. The lowest BCUT2D eigenvalue weighted by Gasteiger charge is -2.38. The summed E-state index contributed by atoms with van der Waals surface area (Å²) in [6.07, 6.45) is 5.28. The molecule has 0 radical (unpaired) electrons. The predicted molar refractivity (Wildman–Crippen MR) is 86.8 cm³/mol. The van der Waals surface area contributed by atoms with Crippen LogP contribution in [0, 0.1) is 6.92 Å². The zero-order valence-electron chi connectivity index (χ0n) is 13.0. The first-order chi connectivity index (χ1) is 9.97. The first-order valence-corrected chi connectivity index (χ1v) is 7.40. The van der Waals surface area contributed by atoms with Crippen molar-refractivity contribution in [3.05, 3.63) is 35.4 Å². The van der Waals surface area contributed by atoms with E-state index in [1.54, 1.807) is 6.08 Å². The van der Waals surface area contributed by atoms with Crippen molar-refractivity contribution in [2.24, 2.45) is 0 Å². The molecule has 1 fully saturated rings. The fourth-order valence-corrected chi connectivity index (χ4v) is 2.90. The number of carboxylic acids is 1. The third-order valence-corrected chi connectivity index (χ3v) is 4.11. The number of aryl methyl sites for hydroxylation is 1. The summed E-state index contributed by atoms with van der Waals surface area (Å²) in [4.78, 5) is 15.3. The van der Waals surface area contributed by atoms with Crippen LogP contribution in [0.25, 0.3) is 6.08 Å². The van der Waals surface area contributed by atoms with Crippen LogP contribution in [-0.2, 0) is 4.79 Å². The van der Waals surface area contributed by atoms with Gasteiger partial charge >= 0.3 is 5.97 Å². The van der Waals surface area contributed by atoms with Gasteiger partial charge in [-0.25, -0.2) is 4.79 Å². The molecule has 1 aliphatic rings. The molecular weight excluding hydrogens is 264 g/mol. The topological polar surface area (TPSA) is 43.8 Å². The van der Waals surface area contributed by atoms with Crippen LogP contribution in [0.1, 0.15) is 24.0 Å². The van der Waals surface area contributed by atoms with Crippen molar-refractivity contribution in [2.45, 2.75) is 25.8 Å². The lowest BCUT2D eigenvalue weighted by molar-refractivity contribution is -0.131. The number of hydrogen-bond acceptors (Lipinski definition) is 3. The molecule has 2 rings (SSSR count). The molecule has 1 saturated heterocycles. The standard InChI is InChI=1S/C17H24N2O2/c1-13-11-14(7-9-17(20)21)6-8-16(13)19-10-4-5-15(12-19)18(2)3/h6-9,11,15H,4-5,10,12H2,1-3H3,(H,20,21). The molecule has 1 N–H and O–H groups in total. The van der Waals surface area contributed by atoms with Crippen LogP contribution < -0.4 is 4.90 Å². The highest BCUT2D eigenvalue weighted by Crippen LogP contribution is 2.26. The SMILES string of the molecule is Cc1cc(C=CC(=O)O)ccc1N1CCCC(N(C)C)C1. The third kappa shape index (κ3) is 4.08. The number of rotatable bonds is 4. The van der Waals surface area contributed by atoms with Crippen molar-refractivity contribution < 1.29 is 9.90 Å². The van der Waals surface area contributed by atoms with Gasteiger partial charge in [0, 0.05) is 30.9 Å². The molecule has 1 aromatic rings. The van der Waals surface area contributed by atoms with E-state index >= 15 is 0 Å². The minimum absolute atomic E-state index is 0.602. The van der Waals surface area contributed by atoms with E-state index in [0.29, 0.717) is 6.04 Å². The van der Waals surface area contributed by atoms with Crippen LogP contribution in [0.3, 0.4) is 0 Å². The zero-order valence-corrected chi connectivity index (χ0v) is 13.0. The number of hydrogen-bond donors (Lipinski definition) is 1. The number of piperidine rings is 1. The molecular formula is C17H24N2O2. The van der Waals surface area contributed by atoms with Gasteiger partial charge in [-0.1, -0.05) is 6.07 Å². The number of carboxylic acid groups (broad SMARTS) is 1. The Balaban J connectivity index is 2.15. The number of carbonyl (C=O) groups is 1. The van der Waals surface area contributed by atoms with E-state index in [-0.39, 0.29) is 0 Å². The van der Waals surface area contributed by atoms with Crippen LogP contribution >= 0.6 is 0 Å². The van der Waals surface area contributed by atoms with Crippen LogP contribution in [0.2, 0.25) is 0 Å². The lowest BCUT2D eigenvalue weighted by atomic mass is 10.0. The molecule has 0 amide bonds. The van der Waals surface area contributed by atoms with Gasteiger partial charge < -0.3 is 14.9 Å². The maximum absolute atomic E-state index is 10.6. The molecule has 114 valence electrons. The van der Waals surface area contributed by atoms with Crippen LogP contribution in [0.5, 0.6) is 0 Å². The smallest absolute Gasteiger partial charge is 0.328 e. The van der Waals surface area contributed by atoms with Gasteiger partial charge in [-0.3, -0.25) is 0 Å². The van der Waals surface area contributed by atoms with Gasteiger partial charge in [-0.2, -0.15) is 0 Å². The zero-order chi connectivity index (χ0) is 15.4. The minimum Gasteiger partial charge on any atom is -0.478 e. The summed E-state index contributed by atoms with van der Waals surface area (Å²) in [7, 11) is 4.28. The number of benzene rings is 1. The molecule has 0 spiro atoms. The fraction of sp³-hybridized carbons (Fsp3) is 0.471. The van der Waals surface area contributed by atoms with Gasteiger partial charge in [0.05, 0.1) is 0 Å². The van der Waals surface area contributed by atoms with Gasteiger partial charge in [-0.05, 0) is 63.2 Å². The summed E-state index contributed by atoms with van der Waals surface area (Å²) >= 11 is 0. The van der Waals surface area contributed by atoms with Gasteiger partial charge in [0.2, 0.25) is 0 Å². The summed E-state index contributed by atoms with van der Waals surface area (Å²) < 4.78 is 0. The van der Waals surface area contributed by atoms with Gasteiger partial charge in [0.25, 0.3) is 0 Å². The second kappa shape index (κ2) is 6.76. The predicted octanol–water partition coefficient (Wildman–Crippen LogP) is 2.62. The Kier molecular flexibility index (Phi) is 5.02. The Morgan fingerprint density at radius 1 is 1.43 bits per heavy atom. The molecule has 4 nitrogen and oxygen atoms in total. The van der Waals surface area contributed by atoms with Crippen molar-refractivity contribution in [2.75, 3.05) is 32.1 Å². The number of likely N-dealkylation sites (N-methyl/N-ethyl adjacent to an activating group) is 1. The van der Waals surface area contributed by atoms with Crippen molar-refractivity contribution >= 4 is 17.7 Å². The van der Waals surface area contributed by atoms with Crippen molar-refractivity contribution in [1.29, 1.82) is 0 Å². The Bertz CT molecular complexity index is 538. The number of nitrogens with zero attached hydrogens (tertiary/aromatic N) is 2. The van der Waals surface area contributed by atoms with E-state index in [1.807, 2.05) is 12.1 Å². The summed E-state index contributed by atoms with van der Waals surface area (Å²) in [5.41, 5.74) is 3.38. The molecule has 4 heteroatoms. The molecule has 0 aromatic heterocycles. The first-order valence-electron chi connectivity index (χ1n) is 7.40. The van der Waals surface area contributed by atoms with Crippen molar-refractivity contribution in [1.82, 2.24) is 4.90 Å². The average Bonchev–Trinajstić information content (AvgIpc) is 2.45. The van der Waals surface area contributed by atoms with Crippen molar-refractivity contribution in [3.8, 4) is 0 Å². The average molecular weight is 288 g/mol. The van der Waals surface area contributed by atoms with E-state index in [9.17, 15) is 4.79 Å². The van der Waals surface area contributed by atoms with Crippen molar-refractivity contribution in [3.63, 3.8) is 0 Å². The molecule has 1 aliphatic heterocycles. The molecule has 21 heavy (non-hydrogen) atoms. The Morgan fingerprint density at radius 3 is 2.81 bits per heavy atom. The molecule has 1 heterocycles. The second-order valence-corrected chi connectivity index (χ2v) is 5.92. The van der Waals surface area contributed by atoms with Gasteiger partial charge in [0.15, 0.2) is 0 Å². The summed E-state index contributed by atoms with van der Waals surface area (Å²) in [5, 5.41) is 8.68. The molecule has 0 bridgehead atoms. The van der Waals surface area contributed by atoms with E-state index in [2.05, 4.69) is 36.9 Å². The quantitative estimate of drug-likeness (QED) is 0.865. The highest BCUT2D eigenvalue weighted by atomic mass is 16.4. The Labute approximate surface area is 126 Å². The first kappa shape index (κ1) is 15.6. The number of anilines is 1. The molecule has 1 aromatic carbocycles. The molecule has 1 unspecified atom stereocenters. The van der Waals surface area contributed by atoms with Crippen LogP contribution in [0.4, 0.5) is 5.69 Å². The van der Waals surface area contributed by atoms with E-state index < -0.39 is 5.97 Å². The third-order valence-electron chi connectivity index (χ3n) is 4.11. The fourth-order valence-electron chi connectivity index (χ4n) is 2.90. The van der Waals surface area contributed by atoms with Crippen LogP contribution in [-0.4, -0.2) is 49.2 Å². The highest BCUT2D eigenvalue weighted by Gasteiger charge is 2.22. The summed E-state index contributed by atoms with van der Waals surface area (Å²) in [5.74, 6) is -0.915. The Hall–Kier alpha value is -1.81. The number of aliphatic carboxylic acids is 1. The maximum atomic E-state index is 10.6. The summed E-state index contributed by atoms with van der Waals surface area (Å²) in [6.45, 7) is 4.24. The maximum Gasteiger partial charge on any atom is 0.328 e. The lowest BCUT2D eigenvalue weighted by Crippen LogP contribution is -2.45. The highest BCUT2D eigenvalue weighted by molar-refractivity contribution is 5.85. The molecule has 0 aliphatic carbocycles. The largest absolute Gasteiger partial charge is 0.478 e. The second-order valence-electron chi connectivity index (χ2n) is 5.92. The van der Waals surface area contributed by atoms with Gasteiger partial charge in [-0.15, -0.1) is 0 Å². The van der Waals surface area contributed by atoms with E-state index in [4.69, 9.17) is 5.11 Å². The molecule has 1 atom stereocenters. The Morgan fingerprint density at radius 2 is 2.19 bits per heavy atom.